The summed E-state index contributed by atoms with van der Waals surface area (Å²) in [6, 6.07) is 6.90. The van der Waals surface area contributed by atoms with Crippen LogP contribution in [0.25, 0.3) is 16.8 Å². The molecule has 0 aliphatic rings. The van der Waals surface area contributed by atoms with E-state index in [9.17, 15) is 4.79 Å². The number of nitrogens with two attached hydrogens (primary N) is 1. The molecular weight excluding hydrogens is 196 g/mol. The fraction of sp³-hybridized carbons (Fsp3) is 0. The molecule has 0 fully saturated rings. The van der Waals surface area contributed by atoms with Gasteiger partial charge in [-0.15, -0.1) is 9.61 Å². The molecule has 2 N–H and O–H groups in total. The number of fused-ring (bicyclic) bond motifs is 2. The molecule has 0 bridgehead atoms. The van der Waals surface area contributed by atoms with Crippen LogP contribution < -0.4 is 11.3 Å². The maximum atomic E-state index is 11.8. The van der Waals surface area contributed by atoms with Gasteiger partial charge in [0.15, 0.2) is 0 Å². The molecule has 0 aliphatic carbocycles. The van der Waals surface area contributed by atoms with E-state index in [1.54, 1.807) is 24.3 Å². The van der Waals surface area contributed by atoms with Crippen LogP contribution in [0.5, 0.6) is 0 Å². The predicted octanol–water partition coefficient (Wildman–Crippen LogP) is 0.418. The van der Waals surface area contributed by atoms with Gasteiger partial charge in [0, 0.05) is 0 Å². The summed E-state index contributed by atoms with van der Waals surface area (Å²) in [6.45, 7) is 0. The molecule has 3 rings (SSSR count). The van der Waals surface area contributed by atoms with Crippen molar-refractivity contribution >= 4 is 22.8 Å². The van der Waals surface area contributed by atoms with Crippen LogP contribution in [-0.4, -0.2) is 14.6 Å². The normalized spacial score (nSPS) is 11.2. The van der Waals surface area contributed by atoms with Gasteiger partial charge in [0.25, 0.3) is 5.56 Å². The van der Waals surface area contributed by atoms with Crippen molar-refractivity contribution in [3.05, 3.63) is 34.6 Å². The van der Waals surface area contributed by atoms with Crippen LogP contribution in [0.1, 0.15) is 0 Å². The smallest absolute Gasteiger partial charge is 0.330 e. The van der Waals surface area contributed by atoms with Gasteiger partial charge in [-0.1, -0.05) is 12.1 Å². The molecule has 74 valence electrons. The Morgan fingerprint density at radius 3 is 3.00 bits per heavy atom. The number of benzene rings is 1. The summed E-state index contributed by atoms with van der Waals surface area (Å²) < 4.78 is 6.41. The lowest BCUT2D eigenvalue weighted by Gasteiger charge is -1.95. The van der Waals surface area contributed by atoms with Crippen molar-refractivity contribution in [1.82, 2.24) is 14.6 Å². The molecule has 0 amide bonds. The van der Waals surface area contributed by atoms with Crippen molar-refractivity contribution in [2.75, 3.05) is 5.73 Å². The number of para-hydroxylation sites is 1. The minimum absolute atomic E-state index is 0.0196. The van der Waals surface area contributed by atoms with E-state index in [0.29, 0.717) is 11.0 Å². The second-order valence-electron chi connectivity index (χ2n) is 3.07. The van der Waals surface area contributed by atoms with Crippen molar-refractivity contribution in [1.29, 1.82) is 0 Å². The van der Waals surface area contributed by atoms with Crippen molar-refractivity contribution in [2.24, 2.45) is 0 Å². The van der Waals surface area contributed by atoms with Crippen LogP contribution in [0.4, 0.5) is 5.95 Å². The van der Waals surface area contributed by atoms with Crippen LogP contribution in [0.2, 0.25) is 0 Å². The number of nitrogens with zero attached hydrogens (tertiary/aromatic N) is 3. The molecule has 0 unspecified atom stereocenters. The number of hydrogen-bond acceptors (Lipinski definition) is 5. The molecule has 0 saturated carbocycles. The van der Waals surface area contributed by atoms with Gasteiger partial charge < -0.3 is 10.2 Å². The van der Waals surface area contributed by atoms with E-state index in [1.165, 1.54) is 0 Å². The third kappa shape index (κ3) is 1.01. The third-order valence-electron chi connectivity index (χ3n) is 2.10. The first-order valence-electron chi connectivity index (χ1n) is 4.30. The average Bonchev–Trinajstić information content (AvgIpc) is 2.59. The Kier molecular flexibility index (Phi) is 1.37. The number of anilines is 1. The third-order valence-corrected chi connectivity index (χ3v) is 2.10. The lowest BCUT2D eigenvalue weighted by Crippen LogP contribution is -2.13. The summed E-state index contributed by atoms with van der Waals surface area (Å²) in [5, 5.41) is 4.19. The first-order valence-corrected chi connectivity index (χ1v) is 4.30. The predicted molar refractivity (Wildman–Crippen MR) is 53.4 cm³/mol. The Balaban J connectivity index is 2.65. The molecular formula is C9H6N4O2. The van der Waals surface area contributed by atoms with Crippen molar-refractivity contribution in [2.45, 2.75) is 0 Å². The first-order chi connectivity index (χ1) is 7.25. The Bertz CT molecular complexity index is 713. The SMILES string of the molecule is Nc1nc2oc3ccccc3c(=O)n2n1. The zero-order valence-corrected chi connectivity index (χ0v) is 7.54. The molecule has 0 spiro atoms. The summed E-state index contributed by atoms with van der Waals surface area (Å²) in [6.07, 6.45) is 0. The second kappa shape index (κ2) is 2.57. The van der Waals surface area contributed by atoms with Crippen LogP contribution in [-0.2, 0) is 0 Å². The van der Waals surface area contributed by atoms with E-state index in [0.717, 1.165) is 4.52 Å². The minimum Gasteiger partial charge on any atom is -0.423 e. The van der Waals surface area contributed by atoms with Gasteiger partial charge in [0.1, 0.15) is 5.58 Å². The van der Waals surface area contributed by atoms with Crippen LogP contribution in [0, 0.1) is 0 Å². The largest absolute Gasteiger partial charge is 0.423 e. The molecule has 6 heteroatoms. The summed E-state index contributed by atoms with van der Waals surface area (Å²) >= 11 is 0. The van der Waals surface area contributed by atoms with E-state index in [-0.39, 0.29) is 17.4 Å². The van der Waals surface area contributed by atoms with Gasteiger partial charge >= 0.3 is 5.84 Å². The van der Waals surface area contributed by atoms with E-state index < -0.39 is 0 Å². The van der Waals surface area contributed by atoms with E-state index >= 15 is 0 Å². The lowest BCUT2D eigenvalue weighted by atomic mass is 10.2. The molecule has 1 aromatic carbocycles. The highest BCUT2D eigenvalue weighted by Gasteiger charge is 2.09. The molecule has 3 aromatic rings. The van der Waals surface area contributed by atoms with Crippen LogP contribution in [0.3, 0.4) is 0 Å². The highest BCUT2D eigenvalue weighted by molar-refractivity contribution is 5.76. The van der Waals surface area contributed by atoms with Crippen LogP contribution >= 0.6 is 0 Å². The Morgan fingerprint density at radius 2 is 2.13 bits per heavy atom. The van der Waals surface area contributed by atoms with Crippen molar-refractivity contribution < 1.29 is 4.42 Å². The average molecular weight is 202 g/mol. The van der Waals surface area contributed by atoms with Crippen molar-refractivity contribution in [3.8, 4) is 0 Å². The van der Waals surface area contributed by atoms with Gasteiger partial charge in [-0.3, -0.25) is 4.79 Å². The Labute approximate surface area is 82.9 Å². The Morgan fingerprint density at radius 1 is 1.33 bits per heavy atom. The first kappa shape index (κ1) is 7.98. The molecule has 0 atom stereocenters. The molecule has 15 heavy (non-hydrogen) atoms. The van der Waals surface area contributed by atoms with E-state index in [1.807, 2.05) is 0 Å². The molecule has 0 aliphatic heterocycles. The fourth-order valence-corrected chi connectivity index (χ4v) is 1.46. The highest BCUT2D eigenvalue weighted by atomic mass is 16.4. The number of aromatic nitrogens is 3. The molecule has 0 radical (unpaired) electrons. The van der Waals surface area contributed by atoms with E-state index in [2.05, 4.69) is 10.1 Å². The molecule has 0 saturated heterocycles. The fourth-order valence-electron chi connectivity index (χ4n) is 1.46. The number of rotatable bonds is 0. The van der Waals surface area contributed by atoms with Gasteiger partial charge in [-0.25, -0.2) is 0 Å². The topological polar surface area (TPSA) is 86.4 Å². The zero-order chi connectivity index (χ0) is 10.4. The summed E-state index contributed by atoms with van der Waals surface area (Å²) in [7, 11) is 0. The lowest BCUT2D eigenvalue weighted by molar-refractivity contribution is 0.604. The van der Waals surface area contributed by atoms with Gasteiger partial charge in [0.05, 0.1) is 5.39 Å². The molecule has 2 aromatic heterocycles. The maximum absolute atomic E-state index is 11.8. The van der Waals surface area contributed by atoms with Gasteiger partial charge in [-0.2, -0.15) is 4.98 Å². The second-order valence-corrected chi connectivity index (χ2v) is 3.07. The van der Waals surface area contributed by atoms with Gasteiger partial charge in [0.2, 0.25) is 5.95 Å². The van der Waals surface area contributed by atoms with Crippen molar-refractivity contribution in [3.63, 3.8) is 0 Å². The zero-order valence-electron chi connectivity index (χ0n) is 7.54. The summed E-state index contributed by atoms with van der Waals surface area (Å²) in [5.74, 6) is 0.127. The quantitative estimate of drug-likeness (QED) is 0.570. The minimum atomic E-state index is -0.281. The molecule has 6 nitrogen and oxygen atoms in total. The standard InChI is InChI=1S/C9H6N4O2/c10-8-11-9-13(12-8)7(14)5-3-1-2-4-6(5)15-9/h1-4H,(H2,10,12). The monoisotopic (exact) mass is 202 g/mol. The summed E-state index contributed by atoms with van der Waals surface area (Å²) in [4.78, 5) is 15.6. The van der Waals surface area contributed by atoms with Crippen LogP contribution in [0.15, 0.2) is 33.5 Å². The number of nitrogen functional groups attached to an aromatic ring is 1. The summed E-state index contributed by atoms with van der Waals surface area (Å²) in [5.41, 5.74) is 5.57. The highest BCUT2D eigenvalue weighted by Crippen LogP contribution is 2.11. The number of hydrogen-bond donors (Lipinski definition) is 1. The Hall–Kier alpha value is -2.37. The van der Waals surface area contributed by atoms with Gasteiger partial charge in [-0.05, 0) is 12.1 Å². The van der Waals surface area contributed by atoms with E-state index in [4.69, 9.17) is 10.2 Å². The molecule has 2 heterocycles. The maximum Gasteiger partial charge on any atom is 0.330 e.